The number of aliphatic hydroxyl groups is 1. The molecule has 2 bridgehead atoms. The van der Waals surface area contributed by atoms with Gasteiger partial charge in [-0.1, -0.05) is 18.6 Å². The number of rotatable bonds is 2. The van der Waals surface area contributed by atoms with Crippen LogP contribution in [0.2, 0.25) is 0 Å². The fraction of sp³-hybridized carbons (Fsp3) is 0.647. The molecule has 5 atom stereocenters. The standard InChI is InChI=1S/C17H20F2O/c18-15-6-1-3-10(16(15)19)8-17(20)9-11-7-14(17)13-5-2-4-12(11)13/h1,3,6,11-14,20H,2,4-5,7-9H2. The van der Waals surface area contributed by atoms with Gasteiger partial charge < -0.3 is 5.11 Å². The highest BCUT2D eigenvalue weighted by Crippen LogP contribution is 2.62. The van der Waals surface area contributed by atoms with Crippen LogP contribution in [-0.2, 0) is 6.42 Å². The molecule has 3 heteroatoms. The smallest absolute Gasteiger partial charge is 0.162 e. The lowest BCUT2D eigenvalue weighted by molar-refractivity contribution is -0.0456. The van der Waals surface area contributed by atoms with Gasteiger partial charge in [0.15, 0.2) is 11.6 Å². The second-order valence-corrected chi connectivity index (χ2v) is 7.06. The summed E-state index contributed by atoms with van der Waals surface area (Å²) in [6, 6.07) is 4.27. The molecule has 1 aromatic rings. The predicted molar refractivity (Wildman–Crippen MR) is 72.1 cm³/mol. The molecule has 0 heterocycles. The molecule has 0 spiro atoms. The first-order valence-electron chi connectivity index (χ1n) is 7.74. The van der Waals surface area contributed by atoms with Gasteiger partial charge in [0.2, 0.25) is 0 Å². The third kappa shape index (κ3) is 1.68. The summed E-state index contributed by atoms with van der Waals surface area (Å²) in [5.41, 5.74) is -0.486. The Morgan fingerprint density at radius 2 is 2.00 bits per heavy atom. The zero-order valence-corrected chi connectivity index (χ0v) is 11.5. The Kier molecular flexibility index (Phi) is 2.72. The van der Waals surface area contributed by atoms with E-state index in [9.17, 15) is 13.9 Å². The van der Waals surface area contributed by atoms with Gasteiger partial charge in [-0.15, -0.1) is 0 Å². The SMILES string of the molecule is OC1(Cc2cccc(F)c2F)CC2CC1C1CCCC21. The lowest BCUT2D eigenvalue weighted by Gasteiger charge is -2.39. The summed E-state index contributed by atoms with van der Waals surface area (Å²) in [6.07, 6.45) is 5.90. The van der Waals surface area contributed by atoms with Crippen molar-refractivity contribution in [2.75, 3.05) is 0 Å². The highest BCUT2D eigenvalue weighted by Gasteiger charge is 2.60. The Hall–Kier alpha value is -0.960. The highest BCUT2D eigenvalue weighted by molar-refractivity contribution is 5.23. The van der Waals surface area contributed by atoms with E-state index in [1.807, 2.05) is 0 Å². The molecule has 1 aromatic carbocycles. The van der Waals surface area contributed by atoms with Crippen molar-refractivity contribution in [1.82, 2.24) is 0 Å². The molecule has 3 fully saturated rings. The lowest BCUT2D eigenvalue weighted by Crippen LogP contribution is -2.43. The first-order valence-corrected chi connectivity index (χ1v) is 7.74. The minimum atomic E-state index is -0.815. The van der Waals surface area contributed by atoms with Crippen molar-refractivity contribution in [3.05, 3.63) is 35.4 Å². The van der Waals surface area contributed by atoms with Crippen LogP contribution in [0.3, 0.4) is 0 Å². The average Bonchev–Trinajstić information content (AvgIpc) is 3.05. The van der Waals surface area contributed by atoms with Crippen LogP contribution >= 0.6 is 0 Å². The zero-order valence-electron chi connectivity index (χ0n) is 11.5. The van der Waals surface area contributed by atoms with Gasteiger partial charge in [0.25, 0.3) is 0 Å². The minimum Gasteiger partial charge on any atom is -0.389 e. The third-order valence-corrected chi connectivity index (χ3v) is 6.14. The molecule has 4 rings (SSSR count). The lowest BCUT2D eigenvalue weighted by atomic mass is 9.70. The normalized spacial score (nSPS) is 42.1. The van der Waals surface area contributed by atoms with E-state index in [0.29, 0.717) is 23.3 Å². The topological polar surface area (TPSA) is 20.2 Å². The van der Waals surface area contributed by atoms with E-state index in [2.05, 4.69) is 0 Å². The summed E-state index contributed by atoms with van der Waals surface area (Å²) in [4.78, 5) is 0. The molecular formula is C17H20F2O. The maximum absolute atomic E-state index is 13.8. The van der Waals surface area contributed by atoms with Gasteiger partial charge in [0.05, 0.1) is 5.60 Å². The van der Waals surface area contributed by atoms with Gasteiger partial charge >= 0.3 is 0 Å². The van der Waals surface area contributed by atoms with Gasteiger partial charge in [0, 0.05) is 6.42 Å². The summed E-state index contributed by atoms with van der Waals surface area (Å²) >= 11 is 0. The van der Waals surface area contributed by atoms with Crippen LogP contribution in [0.1, 0.15) is 37.7 Å². The van der Waals surface area contributed by atoms with E-state index in [4.69, 9.17) is 0 Å². The van der Waals surface area contributed by atoms with E-state index in [0.717, 1.165) is 24.8 Å². The molecule has 20 heavy (non-hydrogen) atoms. The monoisotopic (exact) mass is 278 g/mol. The van der Waals surface area contributed by atoms with Crippen molar-refractivity contribution in [3.8, 4) is 0 Å². The molecule has 0 saturated heterocycles. The van der Waals surface area contributed by atoms with Crippen molar-refractivity contribution < 1.29 is 13.9 Å². The van der Waals surface area contributed by atoms with E-state index in [-0.39, 0.29) is 6.42 Å². The van der Waals surface area contributed by atoms with Crippen molar-refractivity contribution in [1.29, 1.82) is 0 Å². The van der Waals surface area contributed by atoms with Crippen LogP contribution in [0, 0.1) is 35.3 Å². The highest BCUT2D eigenvalue weighted by atomic mass is 19.2. The van der Waals surface area contributed by atoms with Gasteiger partial charge in [-0.05, 0) is 61.0 Å². The van der Waals surface area contributed by atoms with Gasteiger partial charge in [-0.25, -0.2) is 8.78 Å². The van der Waals surface area contributed by atoms with Gasteiger partial charge in [-0.3, -0.25) is 0 Å². The number of hydrogen-bond acceptors (Lipinski definition) is 1. The summed E-state index contributed by atoms with van der Waals surface area (Å²) in [7, 11) is 0. The van der Waals surface area contributed by atoms with Gasteiger partial charge in [-0.2, -0.15) is 0 Å². The summed E-state index contributed by atoms with van der Waals surface area (Å²) in [5, 5.41) is 11.0. The molecule has 108 valence electrons. The van der Waals surface area contributed by atoms with Crippen LogP contribution in [0.25, 0.3) is 0 Å². The number of fused-ring (bicyclic) bond motifs is 5. The molecule has 3 saturated carbocycles. The maximum Gasteiger partial charge on any atom is 0.162 e. The maximum atomic E-state index is 13.8. The number of hydrogen-bond donors (Lipinski definition) is 1. The van der Waals surface area contributed by atoms with E-state index < -0.39 is 17.2 Å². The Balaban J connectivity index is 1.61. The molecule has 1 nitrogen and oxygen atoms in total. The first-order chi connectivity index (χ1) is 9.58. The molecule has 3 aliphatic carbocycles. The molecule has 3 aliphatic rings. The van der Waals surface area contributed by atoms with Crippen molar-refractivity contribution in [3.63, 3.8) is 0 Å². The van der Waals surface area contributed by atoms with Crippen LogP contribution in [0.4, 0.5) is 8.78 Å². The van der Waals surface area contributed by atoms with Crippen molar-refractivity contribution in [2.45, 2.75) is 44.1 Å². The second-order valence-electron chi connectivity index (χ2n) is 7.06. The quantitative estimate of drug-likeness (QED) is 0.874. The number of halogens is 2. The predicted octanol–water partition coefficient (Wildman–Crippen LogP) is 3.69. The van der Waals surface area contributed by atoms with Crippen molar-refractivity contribution >= 4 is 0 Å². The zero-order chi connectivity index (χ0) is 13.9. The Bertz CT molecular complexity index is 544. The molecule has 0 aliphatic heterocycles. The van der Waals surface area contributed by atoms with Crippen LogP contribution in [0.5, 0.6) is 0 Å². The Morgan fingerprint density at radius 3 is 2.85 bits per heavy atom. The fourth-order valence-electron chi connectivity index (χ4n) is 5.45. The van der Waals surface area contributed by atoms with Crippen LogP contribution < -0.4 is 0 Å². The van der Waals surface area contributed by atoms with Crippen LogP contribution in [-0.4, -0.2) is 10.7 Å². The van der Waals surface area contributed by atoms with E-state index >= 15 is 0 Å². The summed E-state index contributed by atoms with van der Waals surface area (Å²) < 4.78 is 27.2. The molecular weight excluding hydrogens is 258 g/mol. The summed E-state index contributed by atoms with van der Waals surface area (Å²) in [6.45, 7) is 0. The molecule has 1 N–H and O–H groups in total. The minimum absolute atomic E-state index is 0.265. The molecule has 0 amide bonds. The first kappa shape index (κ1) is 12.8. The Morgan fingerprint density at radius 1 is 1.20 bits per heavy atom. The fourth-order valence-corrected chi connectivity index (χ4v) is 5.45. The van der Waals surface area contributed by atoms with E-state index in [1.165, 1.54) is 25.3 Å². The Labute approximate surface area is 118 Å². The second kappa shape index (κ2) is 4.27. The number of benzene rings is 1. The average molecular weight is 278 g/mol. The van der Waals surface area contributed by atoms with Crippen molar-refractivity contribution in [2.24, 2.45) is 23.7 Å². The largest absolute Gasteiger partial charge is 0.389 e. The third-order valence-electron chi connectivity index (χ3n) is 6.14. The molecule has 0 radical (unpaired) electrons. The summed E-state index contributed by atoms with van der Waals surface area (Å²) in [5.74, 6) is 0.712. The van der Waals surface area contributed by atoms with Gasteiger partial charge in [0.1, 0.15) is 0 Å². The molecule has 5 unspecified atom stereocenters. The van der Waals surface area contributed by atoms with E-state index in [1.54, 1.807) is 6.07 Å². The van der Waals surface area contributed by atoms with Crippen LogP contribution in [0.15, 0.2) is 18.2 Å². The molecule has 0 aromatic heterocycles.